The molecular weight excluding hydrogens is 366 g/mol. The Balaban J connectivity index is 1.45. The van der Waals surface area contributed by atoms with Crippen molar-refractivity contribution in [1.29, 1.82) is 0 Å². The highest BCUT2D eigenvalue weighted by Crippen LogP contribution is 2.30. The van der Waals surface area contributed by atoms with Gasteiger partial charge in [-0.3, -0.25) is 9.59 Å². The smallest absolute Gasteiger partial charge is 0.274 e. The summed E-state index contributed by atoms with van der Waals surface area (Å²) in [5.74, 6) is -0.211. The van der Waals surface area contributed by atoms with Crippen LogP contribution in [0.2, 0.25) is 0 Å². The lowest BCUT2D eigenvalue weighted by atomic mass is 10.1. The number of para-hydroxylation sites is 1. The molecule has 0 aliphatic carbocycles. The largest absolute Gasteiger partial charge is 0.456 e. The first kappa shape index (κ1) is 17.2. The number of rotatable bonds is 3. The molecule has 1 N–H and O–H groups in total. The SMILES string of the molecule is Cn1nc(CC(=O)Nc2ccc3c(c2)oc2ccccc23)c2ccccc2c1=O. The van der Waals surface area contributed by atoms with E-state index in [1.165, 1.54) is 4.68 Å². The first-order valence-corrected chi connectivity index (χ1v) is 9.26. The molecule has 29 heavy (non-hydrogen) atoms. The number of nitrogens with zero attached hydrogens (tertiary/aromatic N) is 2. The van der Waals surface area contributed by atoms with Gasteiger partial charge in [-0.1, -0.05) is 36.4 Å². The predicted molar refractivity (Wildman–Crippen MR) is 113 cm³/mol. The first-order valence-electron chi connectivity index (χ1n) is 9.26. The summed E-state index contributed by atoms with van der Waals surface area (Å²) < 4.78 is 7.15. The number of aryl methyl sites for hydroxylation is 1. The minimum Gasteiger partial charge on any atom is -0.456 e. The minimum atomic E-state index is -0.211. The molecule has 0 saturated heterocycles. The molecule has 6 heteroatoms. The van der Waals surface area contributed by atoms with Crippen LogP contribution in [-0.2, 0) is 18.3 Å². The maximum Gasteiger partial charge on any atom is 0.274 e. The number of furan rings is 1. The van der Waals surface area contributed by atoms with Crippen molar-refractivity contribution in [2.24, 2.45) is 7.05 Å². The number of fused-ring (bicyclic) bond motifs is 4. The molecule has 142 valence electrons. The lowest BCUT2D eigenvalue weighted by Crippen LogP contribution is -2.24. The van der Waals surface area contributed by atoms with Gasteiger partial charge in [0, 0.05) is 35.0 Å². The highest BCUT2D eigenvalue weighted by atomic mass is 16.3. The van der Waals surface area contributed by atoms with E-state index in [0.717, 1.165) is 21.9 Å². The Morgan fingerprint density at radius 2 is 1.62 bits per heavy atom. The lowest BCUT2D eigenvalue weighted by molar-refractivity contribution is -0.115. The number of hydrogen-bond donors (Lipinski definition) is 1. The number of benzene rings is 3. The van der Waals surface area contributed by atoms with Crippen LogP contribution < -0.4 is 10.9 Å². The number of amides is 1. The van der Waals surface area contributed by atoms with Crippen molar-refractivity contribution in [3.63, 3.8) is 0 Å². The summed E-state index contributed by atoms with van der Waals surface area (Å²) in [5.41, 5.74) is 2.56. The molecule has 3 aromatic carbocycles. The zero-order valence-electron chi connectivity index (χ0n) is 15.7. The Morgan fingerprint density at radius 1 is 0.931 bits per heavy atom. The van der Waals surface area contributed by atoms with Gasteiger partial charge in [0.1, 0.15) is 11.2 Å². The van der Waals surface area contributed by atoms with Crippen LogP contribution in [-0.4, -0.2) is 15.7 Å². The van der Waals surface area contributed by atoms with Gasteiger partial charge in [-0.05, 0) is 24.3 Å². The van der Waals surface area contributed by atoms with Crippen LogP contribution >= 0.6 is 0 Å². The molecule has 5 rings (SSSR count). The summed E-state index contributed by atoms with van der Waals surface area (Å²) >= 11 is 0. The van der Waals surface area contributed by atoms with E-state index < -0.39 is 0 Å². The molecule has 0 unspecified atom stereocenters. The zero-order valence-corrected chi connectivity index (χ0v) is 15.7. The third kappa shape index (κ3) is 2.95. The van der Waals surface area contributed by atoms with E-state index in [9.17, 15) is 9.59 Å². The van der Waals surface area contributed by atoms with E-state index in [-0.39, 0.29) is 17.9 Å². The second kappa shape index (κ2) is 6.60. The summed E-state index contributed by atoms with van der Waals surface area (Å²) in [6, 6.07) is 20.6. The summed E-state index contributed by atoms with van der Waals surface area (Å²) in [6.07, 6.45) is 0.0623. The van der Waals surface area contributed by atoms with Crippen LogP contribution in [0.1, 0.15) is 5.69 Å². The van der Waals surface area contributed by atoms with E-state index in [1.807, 2.05) is 54.6 Å². The number of nitrogens with one attached hydrogen (secondary N) is 1. The molecule has 5 aromatic rings. The van der Waals surface area contributed by atoms with Gasteiger partial charge in [-0.25, -0.2) is 4.68 Å². The maximum absolute atomic E-state index is 12.7. The van der Waals surface area contributed by atoms with E-state index in [4.69, 9.17) is 4.42 Å². The average Bonchev–Trinajstić information content (AvgIpc) is 3.09. The van der Waals surface area contributed by atoms with Gasteiger partial charge in [0.05, 0.1) is 17.5 Å². The maximum atomic E-state index is 12.7. The van der Waals surface area contributed by atoms with Crippen molar-refractivity contribution >= 4 is 44.3 Å². The van der Waals surface area contributed by atoms with Crippen LogP contribution in [0.4, 0.5) is 5.69 Å². The van der Waals surface area contributed by atoms with Crippen molar-refractivity contribution in [2.75, 3.05) is 5.32 Å². The Morgan fingerprint density at radius 3 is 2.45 bits per heavy atom. The van der Waals surface area contributed by atoms with Crippen LogP contribution in [0.25, 0.3) is 32.7 Å². The zero-order chi connectivity index (χ0) is 20.0. The van der Waals surface area contributed by atoms with Gasteiger partial charge in [0.15, 0.2) is 0 Å². The van der Waals surface area contributed by atoms with Crippen molar-refractivity contribution in [1.82, 2.24) is 9.78 Å². The Kier molecular flexibility index (Phi) is 3.91. The standard InChI is InChI=1S/C23H17N3O3/c1-26-23(28)18-8-3-2-6-15(18)19(25-26)13-22(27)24-14-10-11-17-16-7-4-5-9-20(16)29-21(17)12-14/h2-12H,13H2,1H3,(H,24,27). The van der Waals surface area contributed by atoms with Crippen molar-refractivity contribution < 1.29 is 9.21 Å². The van der Waals surface area contributed by atoms with Gasteiger partial charge in [-0.15, -0.1) is 0 Å². The second-order valence-electron chi connectivity index (χ2n) is 6.96. The third-order valence-electron chi connectivity index (χ3n) is 5.02. The second-order valence-corrected chi connectivity index (χ2v) is 6.96. The Bertz CT molecular complexity index is 1460. The van der Waals surface area contributed by atoms with Gasteiger partial charge >= 0.3 is 0 Å². The van der Waals surface area contributed by atoms with Gasteiger partial charge in [0.25, 0.3) is 5.56 Å². The Hall–Kier alpha value is -3.93. The normalized spacial score (nSPS) is 11.3. The summed E-state index contributed by atoms with van der Waals surface area (Å²) in [7, 11) is 1.59. The average molecular weight is 383 g/mol. The number of carbonyl (C=O) groups excluding carboxylic acids is 1. The highest BCUT2D eigenvalue weighted by Gasteiger charge is 2.13. The topological polar surface area (TPSA) is 77.1 Å². The van der Waals surface area contributed by atoms with Crippen molar-refractivity contribution in [3.05, 3.63) is 82.8 Å². The number of aromatic nitrogens is 2. The van der Waals surface area contributed by atoms with Gasteiger partial charge < -0.3 is 9.73 Å². The minimum absolute atomic E-state index is 0.0623. The lowest BCUT2D eigenvalue weighted by Gasteiger charge is -2.09. The van der Waals surface area contributed by atoms with Crippen LogP contribution in [0, 0.1) is 0 Å². The van der Waals surface area contributed by atoms with E-state index >= 15 is 0 Å². The molecule has 0 atom stereocenters. The summed E-state index contributed by atoms with van der Waals surface area (Å²) in [4.78, 5) is 24.9. The van der Waals surface area contributed by atoms with E-state index in [0.29, 0.717) is 22.2 Å². The molecular formula is C23H17N3O3. The Labute approximate surface area is 165 Å². The van der Waals surface area contributed by atoms with E-state index in [1.54, 1.807) is 19.2 Å². The number of hydrogen-bond acceptors (Lipinski definition) is 4. The molecule has 2 aromatic heterocycles. The molecule has 0 fully saturated rings. The molecule has 1 amide bonds. The molecule has 0 aliphatic heterocycles. The predicted octanol–water partition coefficient (Wildman–Crippen LogP) is 4.01. The van der Waals surface area contributed by atoms with E-state index in [2.05, 4.69) is 10.4 Å². The number of anilines is 1. The van der Waals surface area contributed by atoms with Crippen LogP contribution in [0.5, 0.6) is 0 Å². The van der Waals surface area contributed by atoms with Gasteiger partial charge in [-0.2, -0.15) is 5.10 Å². The highest BCUT2D eigenvalue weighted by molar-refractivity contribution is 6.06. The molecule has 0 spiro atoms. The molecule has 0 saturated carbocycles. The fourth-order valence-corrected chi connectivity index (χ4v) is 3.67. The fraction of sp³-hybridized carbons (Fsp3) is 0.0870. The molecule has 0 aliphatic rings. The molecule has 6 nitrogen and oxygen atoms in total. The fourth-order valence-electron chi connectivity index (χ4n) is 3.67. The first-order chi connectivity index (χ1) is 14.1. The number of carbonyl (C=O) groups is 1. The summed E-state index contributed by atoms with van der Waals surface area (Å²) in [5, 5.41) is 10.5. The summed E-state index contributed by atoms with van der Waals surface area (Å²) in [6.45, 7) is 0. The molecule has 0 radical (unpaired) electrons. The van der Waals surface area contributed by atoms with Crippen LogP contribution in [0.15, 0.2) is 75.9 Å². The molecule has 0 bridgehead atoms. The quantitative estimate of drug-likeness (QED) is 0.511. The van der Waals surface area contributed by atoms with Crippen molar-refractivity contribution in [2.45, 2.75) is 6.42 Å². The molecule has 2 heterocycles. The van der Waals surface area contributed by atoms with Crippen molar-refractivity contribution in [3.8, 4) is 0 Å². The van der Waals surface area contributed by atoms with Gasteiger partial charge in [0.2, 0.25) is 5.91 Å². The third-order valence-corrected chi connectivity index (χ3v) is 5.02. The van der Waals surface area contributed by atoms with Crippen LogP contribution in [0.3, 0.4) is 0 Å². The monoisotopic (exact) mass is 383 g/mol.